The molecule has 0 radical (unpaired) electrons. The average molecular weight is 219 g/mol. The van der Waals surface area contributed by atoms with Crippen LogP contribution in [0.4, 0.5) is 5.82 Å². The van der Waals surface area contributed by atoms with Crippen LogP contribution in [0.1, 0.15) is 18.9 Å². The molecule has 84 valence electrons. The van der Waals surface area contributed by atoms with Crippen molar-refractivity contribution in [2.75, 3.05) is 18.0 Å². The van der Waals surface area contributed by atoms with E-state index in [0.29, 0.717) is 24.5 Å². The van der Waals surface area contributed by atoms with Crippen LogP contribution in [0.2, 0.25) is 0 Å². The quantitative estimate of drug-likeness (QED) is 0.806. The maximum absolute atomic E-state index is 10.5. The molecular weight excluding hydrogens is 206 g/mol. The zero-order valence-corrected chi connectivity index (χ0v) is 9.05. The third kappa shape index (κ3) is 3.24. The van der Waals surface area contributed by atoms with Crippen LogP contribution in [-0.2, 0) is 4.79 Å². The molecule has 16 heavy (non-hydrogen) atoms. The van der Waals surface area contributed by atoms with Gasteiger partial charge in [-0.2, -0.15) is 5.26 Å². The fourth-order valence-electron chi connectivity index (χ4n) is 1.33. The van der Waals surface area contributed by atoms with Gasteiger partial charge in [0.05, 0.1) is 18.1 Å². The van der Waals surface area contributed by atoms with Gasteiger partial charge in [0, 0.05) is 19.3 Å². The number of rotatable bonds is 5. The molecule has 0 amide bonds. The average Bonchev–Trinajstić information content (AvgIpc) is 2.30. The summed E-state index contributed by atoms with van der Waals surface area (Å²) in [4.78, 5) is 16.4. The fraction of sp³-hybridized carbons (Fsp3) is 0.364. The Morgan fingerprint density at radius 2 is 2.44 bits per heavy atom. The van der Waals surface area contributed by atoms with Crippen LogP contribution in [0.3, 0.4) is 0 Å². The second kappa shape index (κ2) is 5.71. The van der Waals surface area contributed by atoms with E-state index in [1.807, 2.05) is 17.9 Å². The molecule has 1 rings (SSSR count). The number of aliphatic carboxylic acids is 1. The van der Waals surface area contributed by atoms with E-state index in [1.54, 1.807) is 18.3 Å². The molecule has 0 saturated carbocycles. The van der Waals surface area contributed by atoms with E-state index < -0.39 is 5.97 Å². The van der Waals surface area contributed by atoms with Gasteiger partial charge in [-0.1, -0.05) is 0 Å². The molecule has 0 bridgehead atoms. The molecule has 1 N–H and O–H groups in total. The van der Waals surface area contributed by atoms with Crippen LogP contribution in [-0.4, -0.2) is 29.1 Å². The predicted molar refractivity (Wildman–Crippen MR) is 59.1 cm³/mol. The van der Waals surface area contributed by atoms with E-state index in [0.717, 1.165) is 0 Å². The molecule has 0 aliphatic carbocycles. The van der Waals surface area contributed by atoms with Gasteiger partial charge in [-0.15, -0.1) is 0 Å². The van der Waals surface area contributed by atoms with Crippen molar-refractivity contribution in [1.82, 2.24) is 4.98 Å². The summed E-state index contributed by atoms with van der Waals surface area (Å²) >= 11 is 0. The largest absolute Gasteiger partial charge is 0.481 e. The number of carboxylic acid groups (broad SMARTS) is 1. The number of nitrogens with zero attached hydrogens (tertiary/aromatic N) is 3. The van der Waals surface area contributed by atoms with Crippen molar-refractivity contribution in [3.8, 4) is 6.07 Å². The van der Waals surface area contributed by atoms with E-state index in [4.69, 9.17) is 10.4 Å². The Bertz CT molecular complexity index is 412. The third-order valence-corrected chi connectivity index (χ3v) is 2.18. The molecule has 0 atom stereocenters. The van der Waals surface area contributed by atoms with Gasteiger partial charge in [0.2, 0.25) is 0 Å². The van der Waals surface area contributed by atoms with Crippen LogP contribution in [0.5, 0.6) is 0 Å². The third-order valence-electron chi connectivity index (χ3n) is 2.18. The molecule has 1 aromatic heterocycles. The number of hydrogen-bond acceptors (Lipinski definition) is 4. The minimum absolute atomic E-state index is 0.0618. The van der Waals surface area contributed by atoms with Gasteiger partial charge in [0.25, 0.3) is 0 Å². The first kappa shape index (κ1) is 12.0. The number of hydrogen-bond donors (Lipinski definition) is 1. The lowest BCUT2D eigenvalue weighted by atomic mass is 10.2. The minimum Gasteiger partial charge on any atom is -0.481 e. The first-order valence-electron chi connectivity index (χ1n) is 5.00. The summed E-state index contributed by atoms with van der Waals surface area (Å²) in [6.07, 6.45) is 1.61. The van der Waals surface area contributed by atoms with Gasteiger partial charge >= 0.3 is 5.97 Å². The smallest absolute Gasteiger partial charge is 0.305 e. The van der Waals surface area contributed by atoms with E-state index >= 15 is 0 Å². The summed E-state index contributed by atoms with van der Waals surface area (Å²) in [6.45, 7) is 2.98. The van der Waals surface area contributed by atoms with Gasteiger partial charge in [-0.25, -0.2) is 4.98 Å². The Kier molecular flexibility index (Phi) is 4.28. The highest BCUT2D eigenvalue weighted by molar-refractivity contribution is 5.67. The minimum atomic E-state index is -0.838. The van der Waals surface area contributed by atoms with E-state index in [-0.39, 0.29) is 6.42 Å². The lowest BCUT2D eigenvalue weighted by Gasteiger charge is -2.20. The molecule has 5 nitrogen and oxygen atoms in total. The standard InChI is InChI=1S/C11H13N3O2/c1-2-14(6-4-11(15)16)10-7-9(8-12)3-5-13-10/h3,5,7H,2,4,6H2,1H3,(H,15,16). The highest BCUT2D eigenvalue weighted by Crippen LogP contribution is 2.12. The van der Waals surface area contributed by atoms with Gasteiger partial charge in [-0.05, 0) is 19.1 Å². The van der Waals surface area contributed by atoms with Gasteiger partial charge in [0.1, 0.15) is 5.82 Å². The second-order valence-corrected chi connectivity index (χ2v) is 3.24. The molecule has 0 unspecified atom stereocenters. The molecule has 0 aliphatic rings. The van der Waals surface area contributed by atoms with Crippen LogP contribution in [0.25, 0.3) is 0 Å². The van der Waals surface area contributed by atoms with Crippen LogP contribution in [0.15, 0.2) is 18.3 Å². The van der Waals surface area contributed by atoms with Crippen LogP contribution >= 0.6 is 0 Å². The summed E-state index contributed by atoms with van der Waals surface area (Å²) in [5.41, 5.74) is 0.527. The monoisotopic (exact) mass is 219 g/mol. The van der Waals surface area contributed by atoms with Gasteiger partial charge in [0.15, 0.2) is 0 Å². The van der Waals surface area contributed by atoms with Crippen molar-refractivity contribution in [2.24, 2.45) is 0 Å². The molecule has 1 heterocycles. The first-order chi connectivity index (χ1) is 7.67. The van der Waals surface area contributed by atoms with E-state index in [2.05, 4.69) is 4.98 Å². The number of anilines is 1. The Morgan fingerprint density at radius 1 is 1.69 bits per heavy atom. The van der Waals surface area contributed by atoms with Crippen molar-refractivity contribution >= 4 is 11.8 Å². The van der Waals surface area contributed by atoms with Gasteiger partial charge in [-0.3, -0.25) is 4.79 Å². The highest BCUT2D eigenvalue weighted by Gasteiger charge is 2.08. The number of carboxylic acids is 1. The molecule has 0 aliphatic heterocycles. The van der Waals surface area contributed by atoms with Crippen LogP contribution in [0, 0.1) is 11.3 Å². The summed E-state index contributed by atoms with van der Waals surface area (Å²) in [5.74, 6) is -0.197. The number of nitriles is 1. The Hall–Kier alpha value is -2.09. The normalized spacial score (nSPS) is 9.50. The Balaban J connectivity index is 2.78. The summed E-state index contributed by atoms with van der Waals surface area (Å²) < 4.78 is 0. The highest BCUT2D eigenvalue weighted by atomic mass is 16.4. The molecule has 0 spiro atoms. The second-order valence-electron chi connectivity index (χ2n) is 3.24. The SMILES string of the molecule is CCN(CCC(=O)O)c1cc(C#N)ccn1. The van der Waals surface area contributed by atoms with E-state index in [9.17, 15) is 4.79 Å². The van der Waals surface area contributed by atoms with Crippen molar-refractivity contribution in [3.63, 3.8) is 0 Å². The molecular formula is C11H13N3O2. The number of carbonyl (C=O) groups is 1. The maximum atomic E-state index is 10.5. The summed E-state index contributed by atoms with van der Waals surface area (Å²) in [7, 11) is 0. The zero-order chi connectivity index (χ0) is 12.0. The Labute approximate surface area is 93.9 Å². The molecule has 0 fully saturated rings. The fourth-order valence-corrected chi connectivity index (χ4v) is 1.33. The lowest BCUT2D eigenvalue weighted by Crippen LogP contribution is -2.26. The molecule has 1 aromatic rings. The predicted octanol–water partition coefficient (Wildman–Crippen LogP) is 1.25. The summed E-state index contributed by atoms with van der Waals surface area (Å²) in [5, 5.41) is 17.4. The van der Waals surface area contributed by atoms with Gasteiger partial charge < -0.3 is 10.0 Å². The lowest BCUT2D eigenvalue weighted by molar-refractivity contribution is -0.136. The number of pyridine rings is 1. The van der Waals surface area contributed by atoms with E-state index in [1.165, 1.54) is 0 Å². The van der Waals surface area contributed by atoms with Crippen molar-refractivity contribution in [3.05, 3.63) is 23.9 Å². The van der Waals surface area contributed by atoms with Crippen molar-refractivity contribution in [1.29, 1.82) is 5.26 Å². The maximum Gasteiger partial charge on any atom is 0.305 e. The van der Waals surface area contributed by atoms with Crippen molar-refractivity contribution in [2.45, 2.75) is 13.3 Å². The summed E-state index contributed by atoms with van der Waals surface area (Å²) in [6, 6.07) is 5.31. The first-order valence-corrected chi connectivity index (χ1v) is 5.00. The van der Waals surface area contributed by atoms with Crippen LogP contribution < -0.4 is 4.90 Å². The Morgan fingerprint density at radius 3 is 3.00 bits per heavy atom. The molecule has 5 heteroatoms. The molecule has 0 aromatic carbocycles. The van der Waals surface area contributed by atoms with Crippen molar-refractivity contribution < 1.29 is 9.90 Å². The number of aromatic nitrogens is 1. The molecule has 0 saturated heterocycles. The zero-order valence-electron chi connectivity index (χ0n) is 9.05. The topological polar surface area (TPSA) is 77.2 Å².